The Balaban J connectivity index is 2.55. The first kappa shape index (κ1) is 13.8. The van der Waals surface area contributed by atoms with Crippen LogP contribution < -0.4 is 5.73 Å². The van der Waals surface area contributed by atoms with E-state index in [0.717, 1.165) is 16.0 Å². The van der Waals surface area contributed by atoms with Crippen LogP contribution in [0.1, 0.15) is 24.1 Å². The van der Waals surface area contributed by atoms with Crippen LogP contribution in [0.5, 0.6) is 0 Å². The number of carbonyl (C=O) groups excluding carboxylic acids is 2. The van der Waals surface area contributed by atoms with Crippen LogP contribution in [0.4, 0.5) is 4.79 Å². The van der Waals surface area contributed by atoms with Crippen LogP contribution in [0.25, 0.3) is 0 Å². The molecule has 0 aliphatic heterocycles. The molecule has 0 heterocycles. The van der Waals surface area contributed by atoms with E-state index in [1.54, 1.807) is 0 Å². The average molecular weight is 268 g/mol. The number of amides is 3. The molecule has 0 radical (unpaired) electrons. The number of nitrogens with zero attached hydrogens (tertiary/aromatic N) is 1. The Morgan fingerprint density at radius 1 is 0.900 bits per heavy atom. The number of nitrogens with two attached hydrogens (primary N) is 1. The van der Waals surface area contributed by atoms with Crippen molar-refractivity contribution in [3.63, 3.8) is 0 Å². The maximum atomic E-state index is 11.8. The number of hydrogen-bond donors (Lipinski definition) is 1. The summed E-state index contributed by atoms with van der Waals surface area (Å²) >= 11 is 0. The number of rotatable bonds is 3. The minimum absolute atomic E-state index is 0.379. The fourth-order valence-electron chi connectivity index (χ4n) is 2.23. The summed E-state index contributed by atoms with van der Waals surface area (Å²) in [7, 11) is 0. The van der Waals surface area contributed by atoms with Gasteiger partial charge < -0.3 is 5.73 Å². The van der Waals surface area contributed by atoms with Crippen molar-refractivity contribution in [2.24, 2.45) is 5.73 Å². The van der Waals surface area contributed by atoms with Crippen LogP contribution in [0.3, 0.4) is 0 Å². The highest BCUT2D eigenvalue weighted by Gasteiger charge is 2.28. The first-order valence-corrected chi connectivity index (χ1v) is 6.30. The standard InChI is InChI=1S/C16H16N2O2/c1-12(19)18(16(17)20)15(13-8-4-2-5-9-13)14-10-6-3-7-11-14/h2-11,15H,1H3,(H2,17,20). The fourth-order valence-corrected chi connectivity index (χ4v) is 2.23. The molecule has 102 valence electrons. The predicted molar refractivity (Wildman–Crippen MR) is 76.8 cm³/mol. The van der Waals surface area contributed by atoms with Crippen molar-refractivity contribution >= 4 is 11.9 Å². The third-order valence-electron chi connectivity index (χ3n) is 3.07. The SMILES string of the molecule is CC(=O)N(C(N)=O)C(c1ccccc1)c1ccccc1. The molecule has 3 amide bonds. The fraction of sp³-hybridized carbons (Fsp3) is 0.125. The lowest BCUT2D eigenvalue weighted by atomic mass is 9.97. The van der Waals surface area contributed by atoms with Crippen molar-refractivity contribution in [3.8, 4) is 0 Å². The molecule has 4 heteroatoms. The Kier molecular flexibility index (Phi) is 4.15. The summed E-state index contributed by atoms with van der Waals surface area (Å²) in [5, 5.41) is 0. The van der Waals surface area contributed by atoms with Crippen molar-refractivity contribution in [1.82, 2.24) is 4.90 Å². The van der Waals surface area contributed by atoms with E-state index in [4.69, 9.17) is 5.73 Å². The van der Waals surface area contributed by atoms with E-state index in [9.17, 15) is 9.59 Å². The van der Waals surface area contributed by atoms with Gasteiger partial charge in [-0.2, -0.15) is 0 Å². The maximum Gasteiger partial charge on any atom is 0.322 e. The molecule has 0 aromatic heterocycles. The molecule has 0 fully saturated rings. The van der Waals surface area contributed by atoms with Gasteiger partial charge in [-0.3, -0.25) is 9.69 Å². The van der Waals surface area contributed by atoms with Gasteiger partial charge in [0.2, 0.25) is 5.91 Å². The third kappa shape index (κ3) is 2.85. The zero-order chi connectivity index (χ0) is 14.5. The lowest BCUT2D eigenvalue weighted by molar-refractivity contribution is -0.127. The van der Waals surface area contributed by atoms with Crippen LogP contribution in [-0.2, 0) is 4.79 Å². The lowest BCUT2D eigenvalue weighted by Crippen LogP contribution is -2.42. The quantitative estimate of drug-likeness (QED) is 0.930. The Morgan fingerprint density at radius 3 is 1.60 bits per heavy atom. The first-order valence-electron chi connectivity index (χ1n) is 6.30. The Morgan fingerprint density at radius 2 is 1.30 bits per heavy atom. The summed E-state index contributed by atoms with van der Waals surface area (Å²) in [5.41, 5.74) is 7.06. The second-order valence-corrected chi connectivity index (χ2v) is 4.45. The van der Waals surface area contributed by atoms with Crippen LogP contribution >= 0.6 is 0 Å². The molecule has 0 unspecified atom stereocenters. The Labute approximate surface area is 117 Å². The number of hydrogen-bond acceptors (Lipinski definition) is 2. The zero-order valence-corrected chi connectivity index (χ0v) is 11.2. The summed E-state index contributed by atoms with van der Waals surface area (Å²) in [6.07, 6.45) is 0. The van der Waals surface area contributed by atoms with Crippen molar-refractivity contribution in [2.45, 2.75) is 13.0 Å². The smallest absolute Gasteiger partial charge is 0.322 e. The molecule has 2 aromatic carbocycles. The first-order chi connectivity index (χ1) is 9.61. The lowest BCUT2D eigenvalue weighted by Gasteiger charge is -2.28. The van der Waals surface area contributed by atoms with Gasteiger partial charge in [0.25, 0.3) is 0 Å². The Bertz CT molecular complexity index is 543. The van der Waals surface area contributed by atoms with Gasteiger partial charge in [0.1, 0.15) is 0 Å². The summed E-state index contributed by atoms with van der Waals surface area (Å²) in [6, 6.07) is 17.5. The molecule has 2 aromatic rings. The van der Waals surface area contributed by atoms with Gasteiger partial charge in [0.15, 0.2) is 0 Å². The van der Waals surface area contributed by atoms with E-state index in [-0.39, 0.29) is 5.91 Å². The van der Waals surface area contributed by atoms with Gasteiger partial charge >= 0.3 is 6.03 Å². The van der Waals surface area contributed by atoms with Crippen LogP contribution in [0.15, 0.2) is 60.7 Å². The zero-order valence-electron chi connectivity index (χ0n) is 11.2. The molecule has 20 heavy (non-hydrogen) atoms. The van der Waals surface area contributed by atoms with Crippen molar-refractivity contribution < 1.29 is 9.59 Å². The predicted octanol–water partition coefficient (Wildman–Crippen LogP) is 2.70. The maximum absolute atomic E-state index is 11.8. The van der Waals surface area contributed by atoms with Crippen molar-refractivity contribution in [3.05, 3.63) is 71.8 Å². The minimum Gasteiger partial charge on any atom is -0.351 e. The van der Waals surface area contributed by atoms with Crippen LogP contribution in [0, 0.1) is 0 Å². The molecular weight excluding hydrogens is 252 g/mol. The van der Waals surface area contributed by atoms with E-state index in [0.29, 0.717) is 0 Å². The number of primary amides is 1. The van der Waals surface area contributed by atoms with Crippen LogP contribution in [0.2, 0.25) is 0 Å². The van der Waals surface area contributed by atoms with E-state index in [1.165, 1.54) is 6.92 Å². The van der Waals surface area contributed by atoms with E-state index < -0.39 is 12.1 Å². The largest absolute Gasteiger partial charge is 0.351 e. The second kappa shape index (κ2) is 6.02. The molecule has 0 spiro atoms. The van der Waals surface area contributed by atoms with E-state index in [1.807, 2.05) is 60.7 Å². The van der Waals surface area contributed by atoms with Crippen LogP contribution in [-0.4, -0.2) is 16.8 Å². The highest BCUT2D eigenvalue weighted by Crippen LogP contribution is 2.28. The molecule has 0 aliphatic carbocycles. The number of benzene rings is 2. The van der Waals surface area contributed by atoms with E-state index in [2.05, 4.69) is 0 Å². The summed E-state index contributed by atoms with van der Waals surface area (Å²) in [6.45, 7) is 1.34. The number of carbonyl (C=O) groups is 2. The highest BCUT2D eigenvalue weighted by molar-refractivity contribution is 5.93. The Hall–Kier alpha value is -2.62. The molecule has 2 rings (SSSR count). The topological polar surface area (TPSA) is 63.4 Å². The van der Waals surface area contributed by atoms with Gasteiger partial charge in [-0.25, -0.2) is 4.79 Å². The molecular formula is C16H16N2O2. The molecule has 0 atom stereocenters. The summed E-state index contributed by atoms with van der Waals surface area (Å²) in [4.78, 5) is 24.5. The average Bonchev–Trinajstić information content (AvgIpc) is 2.45. The molecule has 4 nitrogen and oxygen atoms in total. The summed E-state index contributed by atoms with van der Waals surface area (Å²) < 4.78 is 0. The highest BCUT2D eigenvalue weighted by atomic mass is 16.2. The van der Waals surface area contributed by atoms with Crippen molar-refractivity contribution in [2.75, 3.05) is 0 Å². The number of imide groups is 1. The molecule has 0 saturated heterocycles. The normalized spacial score (nSPS) is 10.3. The minimum atomic E-state index is -0.754. The van der Waals surface area contributed by atoms with Gasteiger partial charge in [-0.15, -0.1) is 0 Å². The molecule has 0 saturated carbocycles. The van der Waals surface area contributed by atoms with Gasteiger partial charge in [0, 0.05) is 6.92 Å². The monoisotopic (exact) mass is 268 g/mol. The van der Waals surface area contributed by atoms with Crippen molar-refractivity contribution in [1.29, 1.82) is 0 Å². The number of urea groups is 1. The molecule has 0 aliphatic rings. The van der Waals surface area contributed by atoms with Gasteiger partial charge in [-0.1, -0.05) is 60.7 Å². The van der Waals surface area contributed by atoms with E-state index >= 15 is 0 Å². The molecule has 0 bridgehead atoms. The third-order valence-corrected chi connectivity index (χ3v) is 3.07. The van der Waals surface area contributed by atoms with Gasteiger partial charge in [0.05, 0.1) is 6.04 Å². The molecule has 2 N–H and O–H groups in total. The second-order valence-electron chi connectivity index (χ2n) is 4.45. The summed E-state index contributed by atoms with van der Waals surface area (Å²) in [5.74, 6) is -0.379. The van der Waals surface area contributed by atoms with Gasteiger partial charge in [-0.05, 0) is 11.1 Å².